The molecule has 0 aliphatic carbocycles. The molecule has 1 saturated heterocycles. The van der Waals surface area contributed by atoms with Crippen LogP contribution in [-0.2, 0) is 0 Å². The number of hydrogen-bond acceptors (Lipinski definition) is 2. The van der Waals surface area contributed by atoms with Crippen molar-refractivity contribution >= 4 is 11.4 Å². The van der Waals surface area contributed by atoms with Gasteiger partial charge in [0.25, 0.3) is 0 Å². The average Bonchev–Trinajstić information content (AvgIpc) is 2.44. The summed E-state index contributed by atoms with van der Waals surface area (Å²) in [6.07, 6.45) is 4.25. The molecule has 1 fully saturated rings. The highest BCUT2D eigenvalue weighted by Gasteiger charge is 2.18. The SMILES string of the molecule is Nc1cc(F)c(N2CCCCCC2)c(F)c1. The predicted octanol–water partition coefficient (Wildman–Crippen LogP) is 2.93. The minimum atomic E-state index is -0.556. The van der Waals surface area contributed by atoms with E-state index in [4.69, 9.17) is 5.73 Å². The first-order valence-electron chi connectivity index (χ1n) is 5.68. The molecule has 4 heteroatoms. The number of benzene rings is 1. The van der Waals surface area contributed by atoms with Gasteiger partial charge in [-0.25, -0.2) is 8.78 Å². The Balaban J connectivity index is 2.31. The van der Waals surface area contributed by atoms with Crippen molar-refractivity contribution in [1.82, 2.24) is 0 Å². The van der Waals surface area contributed by atoms with Gasteiger partial charge in [0.05, 0.1) is 0 Å². The highest BCUT2D eigenvalue weighted by molar-refractivity contribution is 5.55. The van der Waals surface area contributed by atoms with Crippen LogP contribution >= 0.6 is 0 Å². The van der Waals surface area contributed by atoms with Crippen LogP contribution in [0.2, 0.25) is 0 Å². The number of anilines is 2. The molecule has 1 heterocycles. The van der Waals surface area contributed by atoms with Crippen LogP contribution < -0.4 is 10.6 Å². The third-order valence-electron chi connectivity index (χ3n) is 2.96. The van der Waals surface area contributed by atoms with Crippen LogP contribution in [0.3, 0.4) is 0 Å². The fourth-order valence-electron chi connectivity index (χ4n) is 2.18. The molecule has 0 radical (unpaired) electrons. The number of halogens is 2. The van der Waals surface area contributed by atoms with Crippen molar-refractivity contribution in [2.75, 3.05) is 23.7 Å². The average molecular weight is 226 g/mol. The minimum absolute atomic E-state index is 0.0797. The summed E-state index contributed by atoms with van der Waals surface area (Å²) < 4.78 is 27.3. The van der Waals surface area contributed by atoms with Crippen molar-refractivity contribution in [2.24, 2.45) is 0 Å². The van der Waals surface area contributed by atoms with Crippen LogP contribution in [0.4, 0.5) is 20.2 Å². The second-order valence-electron chi connectivity index (χ2n) is 4.23. The van der Waals surface area contributed by atoms with Crippen LogP contribution in [0, 0.1) is 11.6 Å². The molecule has 1 aromatic carbocycles. The van der Waals surface area contributed by atoms with Gasteiger partial charge in [0.1, 0.15) is 5.69 Å². The maximum Gasteiger partial charge on any atom is 0.151 e. The van der Waals surface area contributed by atoms with Crippen molar-refractivity contribution in [3.8, 4) is 0 Å². The molecule has 16 heavy (non-hydrogen) atoms. The Morgan fingerprint density at radius 1 is 0.938 bits per heavy atom. The van der Waals surface area contributed by atoms with E-state index in [1.54, 1.807) is 4.90 Å². The van der Waals surface area contributed by atoms with Gasteiger partial charge in [-0.1, -0.05) is 12.8 Å². The molecule has 0 aromatic heterocycles. The summed E-state index contributed by atoms with van der Waals surface area (Å²) in [5.74, 6) is -1.11. The number of nitrogens with two attached hydrogens (primary N) is 1. The standard InChI is InChI=1S/C12H16F2N2/c13-10-7-9(15)8-11(14)12(10)16-5-3-1-2-4-6-16/h7-8H,1-6,15H2. The van der Waals surface area contributed by atoms with Crippen LogP contribution in [0.15, 0.2) is 12.1 Å². The first-order valence-corrected chi connectivity index (χ1v) is 5.68. The summed E-state index contributed by atoms with van der Waals surface area (Å²) in [6.45, 7) is 1.44. The fourth-order valence-corrected chi connectivity index (χ4v) is 2.18. The van der Waals surface area contributed by atoms with Crippen molar-refractivity contribution < 1.29 is 8.78 Å². The second-order valence-corrected chi connectivity index (χ2v) is 4.23. The van der Waals surface area contributed by atoms with E-state index in [0.717, 1.165) is 38.8 Å². The van der Waals surface area contributed by atoms with E-state index in [9.17, 15) is 8.78 Å². The smallest absolute Gasteiger partial charge is 0.151 e. The zero-order chi connectivity index (χ0) is 11.5. The molecule has 1 aromatic rings. The third kappa shape index (κ3) is 2.26. The summed E-state index contributed by atoms with van der Waals surface area (Å²) in [4.78, 5) is 1.79. The van der Waals surface area contributed by atoms with Gasteiger partial charge < -0.3 is 10.6 Å². The fraction of sp³-hybridized carbons (Fsp3) is 0.500. The molecule has 0 atom stereocenters. The van der Waals surface area contributed by atoms with Gasteiger partial charge in [0.2, 0.25) is 0 Å². The van der Waals surface area contributed by atoms with Gasteiger partial charge in [-0.15, -0.1) is 0 Å². The first-order chi connectivity index (χ1) is 7.68. The lowest BCUT2D eigenvalue weighted by Gasteiger charge is -2.23. The monoisotopic (exact) mass is 226 g/mol. The van der Waals surface area contributed by atoms with Crippen molar-refractivity contribution in [1.29, 1.82) is 0 Å². The molecular formula is C12H16F2N2. The number of hydrogen-bond donors (Lipinski definition) is 1. The van der Waals surface area contributed by atoms with Crippen LogP contribution in [0.1, 0.15) is 25.7 Å². The van der Waals surface area contributed by atoms with Gasteiger partial charge in [-0.3, -0.25) is 0 Å². The summed E-state index contributed by atoms with van der Waals surface area (Å²) in [7, 11) is 0. The van der Waals surface area contributed by atoms with Gasteiger partial charge in [-0.05, 0) is 25.0 Å². The van der Waals surface area contributed by atoms with E-state index >= 15 is 0 Å². The largest absolute Gasteiger partial charge is 0.399 e. The number of nitrogen functional groups attached to an aromatic ring is 1. The molecule has 88 valence electrons. The lowest BCUT2D eigenvalue weighted by Crippen LogP contribution is -2.26. The zero-order valence-corrected chi connectivity index (χ0v) is 9.18. The molecule has 0 spiro atoms. The molecule has 2 nitrogen and oxygen atoms in total. The van der Waals surface area contributed by atoms with Gasteiger partial charge >= 0.3 is 0 Å². The van der Waals surface area contributed by atoms with E-state index in [1.807, 2.05) is 0 Å². The lowest BCUT2D eigenvalue weighted by atomic mass is 10.2. The molecule has 2 N–H and O–H groups in total. The summed E-state index contributed by atoms with van der Waals surface area (Å²) in [5.41, 5.74) is 5.60. The molecule has 0 saturated carbocycles. The number of rotatable bonds is 1. The van der Waals surface area contributed by atoms with Crippen molar-refractivity contribution in [2.45, 2.75) is 25.7 Å². The van der Waals surface area contributed by atoms with E-state index in [2.05, 4.69) is 0 Å². The Bertz CT molecular complexity index is 348. The lowest BCUT2D eigenvalue weighted by molar-refractivity contribution is 0.571. The molecule has 2 rings (SSSR count). The van der Waals surface area contributed by atoms with Crippen LogP contribution in [0.25, 0.3) is 0 Å². The van der Waals surface area contributed by atoms with E-state index in [0.29, 0.717) is 0 Å². The molecule has 1 aliphatic rings. The Labute approximate surface area is 94.0 Å². The minimum Gasteiger partial charge on any atom is -0.399 e. The topological polar surface area (TPSA) is 29.3 Å². The van der Waals surface area contributed by atoms with Crippen LogP contribution in [0.5, 0.6) is 0 Å². The predicted molar refractivity (Wildman–Crippen MR) is 61.5 cm³/mol. The van der Waals surface area contributed by atoms with Crippen LogP contribution in [-0.4, -0.2) is 13.1 Å². The van der Waals surface area contributed by atoms with E-state index < -0.39 is 11.6 Å². The summed E-state index contributed by atoms with van der Waals surface area (Å²) in [5, 5.41) is 0. The van der Waals surface area contributed by atoms with Crippen molar-refractivity contribution in [3.05, 3.63) is 23.8 Å². The Hall–Kier alpha value is -1.32. The normalized spacial score (nSPS) is 17.2. The molecule has 0 bridgehead atoms. The van der Waals surface area contributed by atoms with E-state index in [-0.39, 0.29) is 11.4 Å². The maximum atomic E-state index is 13.7. The highest BCUT2D eigenvalue weighted by Crippen LogP contribution is 2.27. The molecule has 0 amide bonds. The Kier molecular flexibility index (Phi) is 3.27. The second kappa shape index (κ2) is 4.68. The highest BCUT2D eigenvalue weighted by atomic mass is 19.1. The summed E-state index contributed by atoms with van der Waals surface area (Å²) >= 11 is 0. The molecule has 1 aliphatic heterocycles. The van der Waals surface area contributed by atoms with E-state index in [1.165, 1.54) is 12.1 Å². The van der Waals surface area contributed by atoms with Crippen molar-refractivity contribution in [3.63, 3.8) is 0 Å². The molecule has 0 unspecified atom stereocenters. The Morgan fingerprint density at radius 3 is 1.94 bits per heavy atom. The van der Waals surface area contributed by atoms with Gasteiger partial charge in [0, 0.05) is 18.8 Å². The Morgan fingerprint density at radius 2 is 1.44 bits per heavy atom. The zero-order valence-electron chi connectivity index (χ0n) is 9.18. The maximum absolute atomic E-state index is 13.7. The first kappa shape index (κ1) is 11.2. The summed E-state index contributed by atoms with van der Waals surface area (Å²) in [6, 6.07) is 2.37. The van der Waals surface area contributed by atoms with Gasteiger partial charge in [0.15, 0.2) is 11.6 Å². The van der Waals surface area contributed by atoms with Gasteiger partial charge in [-0.2, -0.15) is 0 Å². The number of nitrogens with zero attached hydrogens (tertiary/aromatic N) is 1. The third-order valence-corrected chi connectivity index (χ3v) is 2.96. The molecular weight excluding hydrogens is 210 g/mol. The quantitative estimate of drug-likeness (QED) is 0.746.